The van der Waals surface area contributed by atoms with Gasteiger partial charge in [0.1, 0.15) is 11.5 Å². The molecule has 0 aliphatic carbocycles. The van der Waals surface area contributed by atoms with E-state index in [1.54, 1.807) is 36.4 Å². The Morgan fingerprint density at radius 3 is 2.04 bits per heavy atom. The Balaban J connectivity index is 1.81. The zero-order valence-electron chi connectivity index (χ0n) is 12.9. The minimum Gasteiger partial charge on any atom is -0.461 e. The summed E-state index contributed by atoms with van der Waals surface area (Å²) in [5.41, 5.74) is 2.43. The van der Waals surface area contributed by atoms with Crippen LogP contribution in [0.15, 0.2) is 70.0 Å². The van der Waals surface area contributed by atoms with E-state index in [1.165, 1.54) is 0 Å². The van der Waals surface area contributed by atoms with E-state index in [9.17, 15) is 8.42 Å². The topological polar surface area (TPSA) is 59.3 Å². The second-order valence-electron chi connectivity index (χ2n) is 5.41. The molecule has 2 aromatic carbocycles. The van der Waals surface area contributed by atoms with E-state index in [4.69, 9.17) is 4.42 Å². The van der Waals surface area contributed by atoms with Crippen molar-refractivity contribution in [2.24, 2.45) is 0 Å². The number of hydrogen-bond acceptors (Lipinski definition) is 3. The van der Waals surface area contributed by atoms with E-state index in [2.05, 4.69) is 4.72 Å². The van der Waals surface area contributed by atoms with Crippen LogP contribution in [0.5, 0.6) is 0 Å². The van der Waals surface area contributed by atoms with Crippen molar-refractivity contribution in [1.82, 2.24) is 0 Å². The second-order valence-corrected chi connectivity index (χ2v) is 7.09. The van der Waals surface area contributed by atoms with Gasteiger partial charge in [-0.25, -0.2) is 8.42 Å². The van der Waals surface area contributed by atoms with Crippen LogP contribution in [-0.2, 0) is 10.0 Å². The van der Waals surface area contributed by atoms with Crippen molar-refractivity contribution in [3.8, 4) is 11.3 Å². The van der Waals surface area contributed by atoms with E-state index in [0.29, 0.717) is 5.69 Å². The molecule has 0 bridgehead atoms. The van der Waals surface area contributed by atoms with Crippen LogP contribution in [0.1, 0.15) is 11.3 Å². The Morgan fingerprint density at radius 2 is 1.48 bits per heavy atom. The molecule has 0 radical (unpaired) electrons. The van der Waals surface area contributed by atoms with E-state index in [-0.39, 0.29) is 4.90 Å². The molecule has 1 N–H and O–H groups in total. The highest BCUT2D eigenvalue weighted by molar-refractivity contribution is 7.92. The van der Waals surface area contributed by atoms with Gasteiger partial charge in [-0.15, -0.1) is 0 Å². The highest BCUT2D eigenvalue weighted by atomic mass is 32.2. The van der Waals surface area contributed by atoms with Crippen LogP contribution in [0.3, 0.4) is 0 Å². The molecule has 0 fully saturated rings. The SMILES string of the molecule is Cc1ccc(S(=O)(=O)Nc2ccc(-c3ccc(C)o3)cc2)cc1. The standard InChI is InChI=1S/C18H17NO3S/c1-13-3-10-17(11-4-13)23(20,21)19-16-8-6-15(7-9-16)18-12-5-14(2)22-18/h3-12,19H,1-2H3. The van der Waals surface area contributed by atoms with Gasteiger partial charge in [0.05, 0.1) is 4.90 Å². The first kappa shape index (κ1) is 15.4. The highest BCUT2D eigenvalue weighted by Gasteiger charge is 2.14. The van der Waals surface area contributed by atoms with Gasteiger partial charge in [0, 0.05) is 11.3 Å². The van der Waals surface area contributed by atoms with E-state index >= 15 is 0 Å². The van der Waals surface area contributed by atoms with Crippen molar-refractivity contribution in [1.29, 1.82) is 0 Å². The van der Waals surface area contributed by atoms with Crippen LogP contribution in [-0.4, -0.2) is 8.42 Å². The molecule has 0 saturated heterocycles. The molecule has 0 unspecified atom stereocenters. The fourth-order valence-corrected chi connectivity index (χ4v) is 3.28. The van der Waals surface area contributed by atoms with Gasteiger partial charge in [-0.3, -0.25) is 4.72 Å². The molecule has 0 aliphatic rings. The van der Waals surface area contributed by atoms with E-state index in [1.807, 2.05) is 38.1 Å². The summed E-state index contributed by atoms with van der Waals surface area (Å²) in [6, 6.07) is 17.6. The van der Waals surface area contributed by atoms with Crippen LogP contribution < -0.4 is 4.72 Å². The van der Waals surface area contributed by atoms with Gasteiger partial charge in [0.25, 0.3) is 10.0 Å². The maximum Gasteiger partial charge on any atom is 0.261 e. The summed E-state index contributed by atoms with van der Waals surface area (Å²) in [4.78, 5) is 0.244. The Kier molecular flexibility index (Phi) is 3.96. The molecule has 3 rings (SSSR count). The molecule has 0 amide bonds. The van der Waals surface area contributed by atoms with Crippen molar-refractivity contribution in [3.05, 3.63) is 72.0 Å². The fourth-order valence-electron chi connectivity index (χ4n) is 2.22. The van der Waals surface area contributed by atoms with Gasteiger partial charge in [0.15, 0.2) is 0 Å². The molecule has 4 nitrogen and oxygen atoms in total. The van der Waals surface area contributed by atoms with Crippen LogP contribution in [0.25, 0.3) is 11.3 Å². The smallest absolute Gasteiger partial charge is 0.261 e. The lowest BCUT2D eigenvalue weighted by Gasteiger charge is -2.08. The molecule has 0 spiro atoms. The van der Waals surface area contributed by atoms with Crippen molar-refractivity contribution < 1.29 is 12.8 Å². The lowest BCUT2D eigenvalue weighted by atomic mass is 10.1. The van der Waals surface area contributed by atoms with Crippen molar-refractivity contribution in [3.63, 3.8) is 0 Å². The third-order valence-corrected chi connectivity index (χ3v) is 4.89. The maximum atomic E-state index is 12.3. The Hall–Kier alpha value is -2.53. The van der Waals surface area contributed by atoms with Gasteiger partial charge < -0.3 is 4.42 Å². The first-order chi connectivity index (χ1) is 10.9. The summed E-state index contributed by atoms with van der Waals surface area (Å²) in [6.07, 6.45) is 0. The molecule has 1 heterocycles. The molecule has 1 aromatic heterocycles. The zero-order valence-corrected chi connectivity index (χ0v) is 13.7. The summed E-state index contributed by atoms with van der Waals surface area (Å²) in [6.45, 7) is 3.80. The quantitative estimate of drug-likeness (QED) is 0.774. The molecule has 23 heavy (non-hydrogen) atoms. The predicted molar refractivity (Wildman–Crippen MR) is 90.9 cm³/mol. The normalized spacial score (nSPS) is 11.4. The predicted octanol–water partition coefficient (Wildman–Crippen LogP) is 4.36. The zero-order chi connectivity index (χ0) is 16.4. The van der Waals surface area contributed by atoms with Gasteiger partial charge in [-0.2, -0.15) is 0 Å². The third kappa shape index (κ3) is 3.46. The Morgan fingerprint density at radius 1 is 0.826 bits per heavy atom. The lowest BCUT2D eigenvalue weighted by molar-refractivity contribution is 0.548. The Labute approximate surface area is 135 Å². The van der Waals surface area contributed by atoms with E-state index < -0.39 is 10.0 Å². The molecular formula is C18H17NO3S. The average Bonchev–Trinajstić information content (AvgIpc) is 2.95. The van der Waals surface area contributed by atoms with Gasteiger partial charge >= 0.3 is 0 Å². The summed E-state index contributed by atoms with van der Waals surface area (Å²) in [5.74, 6) is 1.60. The molecule has 5 heteroatoms. The Bertz CT molecular complexity index is 908. The van der Waals surface area contributed by atoms with Crippen LogP contribution in [0, 0.1) is 13.8 Å². The largest absolute Gasteiger partial charge is 0.461 e. The van der Waals surface area contributed by atoms with Crippen molar-refractivity contribution >= 4 is 15.7 Å². The van der Waals surface area contributed by atoms with Crippen molar-refractivity contribution in [2.45, 2.75) is 18.7 Å². The van der Waals surface area contributed by atoms with Gasteiger partial charge in [-0.05, 0) is 62.4 Å². The van der Waals surface area contributed by atoms with Crippen LogP contribution >= 0.6 is 0 Å². The number of rotatable bonds is 4. The summed E-state index contributed by atoms with van der Waals surface area (Å²) < 4.78 is 32.8. The first-order valence-electron chi connectivity index (χ1n) is 7.20. The molecule has 0 saturated carbocycles. The van der Waals surface area contributed by atoms with Crippen LogP contribution in [0.2, 0.25) is 0 Å². The summed E-state index contributed by atoms with van der Waals surface area (Å²) in [7, 11) is -3.58. The minimum absolute atomic E-state index is 0.244. The average molecular weight is 327 g/mol. The summed E-state index contributed by atoms with van der Waals surface area (Å²) in [5, 5.41) is 0. The minimum atomic E-state index is -3.58. The van der Waals surface area contributed by atoms with Gasteiger partial charge in [0.2, 0.25) is 0 Å². The van der Waals surface area contributed by atoms with Crippen molar-refractivity contribution in [2.75, 3.05) is 4.72 Å². The molecule has 0 aliphatic heterocycles. The lowest BCUT2D eigenvalue weighted by Crippen LogP contribution is -2.12. The number of anilines is 1. The first-order valence-corrected chi connectivity index (χ1v) is 8.69. The number of furan rings is 1. The second kappa shape index (κ2) is 5.93. The molecule has 0 atom stereocenters. The molecule has 118 valence electrons. The summed E-state index contributed by atoms with van der Waals surface area (Å²) >= 11 is 0. The maximum absolute atomic E-state index is 12.3. The number of nitrogens with one attached hydrogen (secondary N) is 1. The molecular weight excluding hydrogens is 310 g/mol. The fraction of sp³-hybridized carbons (Fsp3) is 0.111. The monoisotopic (exact) mass is 327 g/mol. The van der Waals surface area contributed by atoms with Gasteiger partial charge in [-0.1, -0.05) is 17.7 Å². The number of hydrogen-bond donors (Lipinski definition) is 1. The number of benzene rings is 2. The highest BCUT2D eigenvalue weighted by Crippen LogP contribution is 2.24. The number of sulfonamides is 1. The van der Waals surface area contributed by atoms with E-state index in [0.717, 1.165) is 22.6 Å². The third-order valence-electron chi connectivity index (χ3n) is 3.49. The number of aryl methyl sites for hydroxylation is 2. The van der Waals surface area contributed by atoms with Crippen LogP contribution in [0.4, 0.5) is 5.69 Å². The molecule has 3 aromatic rings.